The van der Waals surface area contributed by atoms with Crippen molar-refractivity contribution >= 4 is 0 Å². The Morgan fingerprint density at radius 2 is 2.38 bits per heavy atom. The molecule has 1 aliphatic rings. The lowest BCUT2D eigenvalue weighted by molar-refractivity contribution is 0.609. The van der Waals surface area contributed by atoms with Crippen LogP contribution in [0.25, 0.3) is 0 Å². The Labute approximate surface area is 47.3 Å². The molecule has 4 nitrogen and oxygen atoms in total. The largest absolute Gasteiger partial charge is 0.382 e. The molecule has 0 radical (unpaired) electrons. The average Bonchev–Trinajstić information content (AvgIpc) is 1.82. The fraction of sp³-hybridized carbons (Fsp3) is 0.500. The molecule has 0 fully saturated rings. The highest BCUT2D eigenvalue weighted by Crippen LogP contribution is 2.13. The molecule has 4 heteroatoms. The van der Waals surface area contributed by atoms with Crippen molar-refractivity contribution in [3.05, 3.63) is 11.9 Å². The van der Waals surface area contributed by atoms with Crippen LogP contribution in [0.15, 0.2) is 22.1 Å². The van der Waals surface area contributed by atoms with Crippen LogP contribution in [0.1, 0.15) is 6.92 Å². The summed E-state index contributed by atoms with van der Waals surface area (Å²) < 4.78 is 0. The van der Waals surface area contributed by atoms with Crippen LogP contribution in [0.2, 0.25) is 0 Å². The van der Waals surface area contributed by atoms with Crippen molar-refractivity contribution < 1.29 is 0 Å². The maximum atomic E-state index is 5.45. The highest BCUT2D eigenvalue weighted by Gasteiger charge is 2.18. The monoisotopic (exact) mass is 112 g/mol. The molecule has 4 N–H and O–H groups in total. The van der Waals surface area contributed by atoms with E-state index >= 15 is 0 Å². The lowest BCUT2D eigenvalue weighted by Crippen LogP contribution is -2.28. The van der Waals surface area contributed by atoms with E-state index in [9.17, 15) is 0 Å². The van der Waals surface area contributed by atoms with Gasteiger partial charge in [-0.25, -0.2) is 0 Å². The highest BCUT2D eigenvalue weighted by atomic mass is 15.3. The van der Waals surface area contributed by atoms with E-state index in [0.29, 0.717) is 5.82 Å². The predicted molar refractivity (Wildman–Crippen MR) is 29.7 cm³/mol. The van der Waals surface area contributed by atoms with Gasteiger partial charge in [0, 0.05) is 6.08 Å². The summed E-state index contributed by atoms with van der Waals surface area (Å²) in [6.07, 6.45) is 1.60. The zero-order chi connectivity index (χ0) is 6.20. The first-order chi connectivity index (χ1) is 3.60. The number of azo groups is 1. The molecule has 0 amide bonds. The maximum absolute atomic E-state index is 5.45. The Morgan fingerprint density at radius 1 is 1.75 bits per heavy atom. The van der Waals surface area contributed by atoms with Gasteiger partial charge in [0.05, 0.1) is 0 Å². The third kappa shape index (κ3) is 0.840. The number of hydrogen-bond donors (Lipinski definition) is 2. The molecule has 0 spiro atoms. The van der Waals surface area contributed by atoms with E-state index in [-0.39, 0.29) is 0 Å². The summed E-state index contributed by atoms with van der Waals surface area (Å²) in [5.41, 5.74) is 10.0. The van der Waals surface area contributed by atoms with Crippen LogP contribution in [0.3, 0.4) is 0 Å². The van der Waals surface area contributed by atoms with Crippen LogP contribution < -0.4 is 11.5 Å². The minimum atomic E-state index is -0.663. The Morgan fingerprint density at radius 3 is 2.50 bits per heavy atom. The van der Waals surface area contributed by atoms with Crippen molar-refractivity contribution in [1.29, 1.82) is 0 Å². The Kier molecular flexibility index (Phi) is 0.844. The quantitative estimate of drug-likeness (QED) is 0.460. The van der Waals surface area contributed by atoms with Crippen molar-refractivity contribution in [3.8, 4) is 0 Å². The van der Waals surface area contributed by atoms with Crippen molar-refractivity contribution in [2.24, 2.45) is 21.7 Å². The fourth-order valence-electron chi connectivity index (χ4n) is 0.523. The molecule has 0 saturated heterocycles. The van der Waals surface area contributed by atoms with Gasteiger partial charge < -0.3 is 11.5 Å². The Balaban J connectivity index is 2.84. The van der Waals surface area contributed by atoms with Gasteiger partial charge in [-0.2, -0.15) is 5.11 Å². The summed E-state index contributed by atoms with van der Waals surface area (Å²) in [7, 11) is 0. The second-order valence-electron chi connectivity index (χ2n) is 2.00. The summed E-state index contributed by atoms with van der Waals surface area (Å²) in [6.45, 7) is 1.73. The van der Waals surface area contributed by atoms with Gasteiger partial charge in [-0.1, -0.05) is 0 Å². The average molecular weight is 112 g/mol. The van der Waals surface area contributed by atoms with Crippen molar-refractivity contribution in [1.82, 2.24) is 0 Å². The van der Waals surface area contributed by atoms with Gasteiger partial charge in [0.2, 0.25) is 0 Å². The van der Waals surface area contributed by atoms with Gasteiger partial charge in [-0.05, 0) is 6.92 Å². The number of nitrogens with two attached hydrogens (primary N) is 2. The lowest BCUT2D eigenvalue weighted by atomic mass is 10.2. The second-order valence-corrected chi connectivity index (χ2v) is 2.00. The van der Waals surface area contributed by atoms with E-state index in [0.717, 1.165) is 0 Å². The van der Waals surface area contributed by atoms with Crippen LogP contribution in [-0.4, -0.2) is 5.66 Å². The molecule has 1 unspecified atom stereocenters. The Hall–Kier alpha value is -0.900. The molecule has 0 bridgehead atoms. The molecule has 8 heavy (non-hydrogen) atoms. The number of nitrogens with zero attached hydrogens (tertiary/aromatic N) is 2. The summed E-state index contributed by atoms with van der Waals surface area (Å²) in [5, 5.41) is 7.16. The smallest absolute Gasteiger partial charge is 0.149 e. The first kappa shape index (κ1) is 5.24. The molecule has 1 rings (SSSR count). The van der Waals surface area contributed by atoms with Crippen LogP contribution in [0.4, 0.5) is 0 Å². The van der Waals surface area contributed by atoms with E-state index in [1.54, 1.807) is 13.0 Å². The van der Waals surface area contributed by atoms with Crippen LogP contribution in [0, 0.1) is 0 Å². The summed E-state index contributed by atoms with van der Waals surface area (Å²) >= 11 is 0. The zero-order valence-corrected chi connectivity index (χ0v) is 4.63. The molecule has 0 aromatic carbocycles. The van der Waals surface area contributed by atoms with E-state index in [1.807, 2.05) is 0 Å². The topological polar surface area (TPSA) is 76.8 Å². The van der Waals surface area contributed by atoms with E-state index in [2.05, 4.69) is 10.2 Å². The van der Waals surface area contributed by atoms with E-state index in [4.69, 9.17) is 11.5 Å². The normalized spacial score (nSPS) is 35.5. The summed E-state index contributed by atoms with van der Waals surface area (Å²) in [4.78, 5) is 0. The second kappa shape index (κ2) is 1.29. The van der Waals surface area contributed by atoms with Gasteiger partial charge >= 0.3 is 0 Å². The molecule has 0 aliphatic carbocycles. The van der Waals surface area contributed by atoms with Crippen molar-refractivity contribution in [3.63, 3.8) is 0 Å². The zero-order valence-electron chi connectivity index (χ0n) is 4.63. The van der Waals surface area contributed by atoms with E-state index < -0.39 is 5.66 Å². The molecule has 0 aromatic rings. The minimum absolute atomic E-state index is 0.398. The Bertz CT molecular complexity index is 155. The molecule has 1 aliphatic heterocycles. The maximum Gasteiger partial charge on any atom is 0.149 e. The van der Waals surface area contributed by atoms with Crippen LogP contribution in [-0.2, 0) is 0 Å². The minimum Gasteiger partial charge on any atom is -0.382 e. The SMILES string of the molecule is CC1(N)C=C(N)N=N1. The van der Waals surface area contributed by atoms with Gasteiger partial charge in [-0.15, -0.1) is 5.11 Å². The van der Waals surface area contributed by atoms with E-state index in [1.165, 1.54) is 0 Å². The molecule has 0 saturated carbocycles. The predicted octanol–water partition coefficient (Wildman–Crippen LogP) is -0.0728. The van der Waals surface area contributed by atoms with Gasteiger partial charge in [0.1, 0.15) is 11.5 Å². The van der Waals surface area contributed by atoms with Crippen LogP contribution in [0.5, 0.6) is 0 Å². The summed E-state index contributed by atoms with van der Waals surface area (Å²) in [6, 6.07) is 0. The number of rotatable bonds is 0. The molecule has 1 atom stereocenters. The first-order valence-electron chi connectivity index (χ1n) is 2.30. The third-order valence-corrected chi connectivity index (χ3v) is 0.821. The molecule has 0 aromatic heterocycles. The third-order valence-electron chi connectivity index (χ3n) is 0.821. The summed E-state index contributed by atoms with van der Waals surface area (Å²) in [5.74, 6) is 0.398. The van der Waals surface area contributed by atoms with Gasteiger partial charge in [-0.3, -0.25) is 0 Å². The van der Waals surface area contributed by atoms with Gasteiger partial charge in [0.15, 0.2) is 0 Å². The fourth-order valence-corrected chi connectivity index (χ4v) is 0.523. The standard InChI is InChI=1S/C4H8N4/c1-4(6)2-3(5)7-8-4/h2H,5-6H2,1H3. The van der Waals surface area contributed by atoms with Crippen molar-refractivity contribution in [2.75, 3.05) is 0 Å². The first-order valence-corrected chi connectivity index (χ1v) is 2.30. The lowest BCUT2D eigenvalue weighted by Gasteiger charge is -2.04. The van der Waals surface area contributed by atoms with Crippen LogP contribution >= 0.6 is 0 Å². The highest BCUT2D eigenvalue weighted by molar-refractivity contribution is 5.10. The van der Waals surface area contributed by atoms with Crippen molar-refractivity contribution in [2.45, 2.75) is 12.6 Å². The number of hydrogen-bond acceptors (Lipinski definition) is 4. The molecule has 1 heterocycles. The molecule has 44 valence electrons. The molecular formula is C4H8N4. The molecular weight excluding hydrogens is 104 g/mol. The van der Waals surface area contributed by atoms with Gasteiger partial charge in [0.25, 0.3) is 0 Å².